The molecule has 0 saturated carbocycles. The highest BCUT2D eigenvalue weighted by Crippen LogP contribution is 2.49. The summed E-state index contributed by atoms with van der Waals surface area (Å²) in [5.74, 6) is -5.70. The molecule has 2 aliphatic rings. The van der Waals surface area contributed by atoms with Gasteiger partial charge in [-0.05, 0) is 51.3 Å². The lowest BCUT2D eigenvalue weighted by Gasteiger charge is -2.49. The zero-order valence-electron chi connectivity index (χ0n) is 28.5. The first kappa shape index (κ1) is 35.4. The molecule has 2 fully saturated rings. The van der Waals surface area contributed by atoms with Crippen LogP contribution >= 0.6 is 0 Å². The van der Waals surface area contributed by atoms with Crippen molar-refractivity contribution in [1.82, 2.24) is 4.98 Å². The lowest BCUT2D eigenvalue weighted by molar-refractivity contribution is -0.192. The number of ether oxygens (including phenoxy) is 3. The van der Waals surface area contributed by atoms with Gasteiger partial charge in [-0.2, -0.15) is 0 Å². The van der Waals surface area contributed by atoms with E-state index in [0.717, 1.165) is 23.4 Å². The Morgan fingerprint density at radius 2 is 1.72 bits per heavy atom. The van der Waals surface area contributed by atoms with Crippen molar-refractivity contribution in [2.75, 3.05) is 6.61 Å². The number of cyclic esters (lactones) is 1. The summed E-state index contributed by atoms with van der Waals surface area (Å²) in [4.78, 5) is 58.4. The van der Waals surface area contributed by atoms with Crippen molar-refractivity contribution in [3.63, 3.8) is 0 Å². The molecule has 3 heterocycles. The Balaban J connectivity index is 1.71. The summed E-state index contributed by atoms with van der Waals surface area (Å²) < 4.78 is 34.2. The van der Waals surface area contributed by atoms with Gasteiger partial charge in [0.25, 0.3) is 5.67 Å². The van der Waals surface area contributed by atoms with Crippen molar-refractivity contribution in [2.45, 2.75) is 105 Å². The standard InChI is InChI=1S/C37H48FNO7/c1-10-29-37(9)27(19-30(40)46-37)23(3)31(41)22(2)20-35(7,34(5,6)24(4)32(42)36(8,38)33(43)45-29)44-17-13-14-25-18-26-15-11-12-16-28(26)39-21-25/h11-16,18,21-24,27,29H,10,17,19-20H2,1-9H3/b14-13+/t22-,23-,24+,27-,29-,35-,36+,37+/m1/s1. The van der Waals surface area contributed by atoms with Gasteiger partial charge in [0, 0.05) is 40.7 Å². The molecular weight excluding hydrogens is 589 g/mol. The molecule has 8 nitrogen and oxygen atoms in total. The van der Waals surface area contributed by atoms with Gasteiger partial charge in [0.05, 0.1) is 24.1 Å². The Labute approximate surface area is 271 Å². The van der Waals surface area contributed by atoms with Crippen molar-refractivity contribution < 1.29 is 37.8 Å². The Kier molecular flexibility index (Phi) is 9.98. The maximum absolute atomic E-state index is 16.3. The molecule has 2 aliphatic heterocycles. The van der Waals surface area contributed by atoms with Crippen LogP contribution < -0.4 is 0 Å². The fraction of sp³-hybridized carbons (Fsp3) is 0.595. The molecule has 0 bridgehead atoms. The fourth-order valence-corrected chi connectivity index (χ4v) is 7.30. The van der Waals surface area contributed by atoms with Gasteiger partial charge in [0.15, 0.2) is 5.78 Å². The van der Waals surface area contributed by atoms with Gasteiger partial charge in [-0.25, -0.2) is 9.18 Å². The van der Waals surface area contributed by atoms with Crippen molar-refractivity contribution in [2.24, 2.45) is 29.1 Å². The topological polar surface area (TPSA) is 109 Å². The number of halogens is 1. The van der Waals surface area contributed by atoms with Crippen molar-refractivity contribution >= 4 is 40.5 Å². The molecule has 0 unspecified atom stereocenters. The molecular formula is C37H48FNO7. The van der Waals surface area contributed by atoms with Gasteiger partial charge in [-0.15, -0.1) is 0 Å². The van der Waals surface area contributed by atoms with Gasteiger partial charge in [-0.3, -0.25) is 19.4 Å². The number of Topliss-reactive ketones (excluding diaryl/α,β-unsaturated/α-hetero) is 2. The molecule has 9 heteroatoms. The normalized spacial score (nSPS) is 35.9. The lowest BCUT2D eigenvalue weighted by atomic mass is 9.61. The molecule has 46 heavy (non-hydrogen) atoms. The Morgan fingerprint density at radius 1 is 1.04 bits per heavy atom. The van der Waals surface area contributed by atoms with E-state index in [9.17, 15) is 19.2 Å². The Morgan fingerprint density at radius 3 is 2.39 bits per heavy atom. The fourth-order valence-electron chi connectivity index (χ4n) is 7.30. The molecule has 1 aromatic carbocycles. The predicted molar refractivity (Wildman–Crippen MR) is 173 cm³/mol. The van der Waals surface area contributed by atoms with Gasteiger partial charge in [0.1, 0.15) is 17.5 Å². The second kappa shape index (κ2) is 13.0. The molecule has 0 radical (unpaired) electrons. The maximum atomic E-state index is 16.3. The van der Waals surface area contributed by atoms with Gasteiger partial charge < -0.3 is 14.2 Å². The van der Waals surface area contributed by atoms with Crippen LogP contribution in [-0.4, -0.2) is 58.1 Å². The van der Waals surface area contributed by atoms with E-state index in [1.54, 1.807) is 47.7 Å². The summed E-state index contributed by atoms with van der Waals surface area (Å²) >= 11 is 0. The number of nitrogens with zero attached hydrogens (tertiary/aromatic N) is 1. The number of aromatic nitrogens is 1. The van der Waals surface area contributed by atoms with Gasteiger partial charge >= 0.3 is 11.9 Å². The number of ketones is 2. The quantitative estimate of drug-likeness (QED) is 0.258. The number of esters is 2. The van der Waals surface area contributed by atoms with Crippen LogP contribution in [0, 0.1) is 29.1 Å². The first-order valence-corrected chi connectivity index (χ1v) is 16.2. The number of para-hydroxylation sites is 1. The molecule has 0 amide bonds. The minimum atomic E-state index is -2.97. The van der Waals surface area contributed by atoms with Crippen LogP contribution in [0.2, 0.25) is 0 Å². The highest BCUT2D eigenvalue weighted by Gasteiger charge is 2.59. The van der Waals surface area contributed by atoms with E-state index in [0.29, 0.717) is 0 Å². The van der Waals surface area contributed by atoms with Crippen LogP contribution in [0.15, 0.2) is 42.6 Å². The number of pyridine rings is 1. The van der Waals surface area contributed by atoms with Crippen LogP contribution in [0.3, 0.4) is 0 Å². The molecule has 2 aromatic rings. The number of carbonyl (C=O) groups excluding carboxylic acids is 4. The van der Waals surface area contributed by atoms with E-state index in [1.165, 1.54) is 0 Å². The van der Waals surface area contributed by atoms with Crippen molar-refractivity contribution in [3.8, 4) is 0 Å². The third-order valence-electron chi connectivity index (χ3n) is 11.1. The van der Waals surface area contributed by atoms with E-state index in [2.05, 4.69) is 4.98 Å². The molecule has 250 valence electrons. The summed E-state index contributed by atoms with van der Waals surface area (Å²) in [6.45, 7) is 15.0. The number of hydrogen-bond acceptors (Lipinski definition) is 8. The monoisotopic (exact) mass is 637 g/mol. The largest absolute Gasteiger partial charge is 0.455 e. The van der Waals surface area contributed by atoms with E-state index >= 15 is 4.39 Å². The van der Waals surface area contributed by atoms with Crippen LogP contribution in [-0.2, 0) is 33.4 Å². The molecule has 0 N–H and O–H groups in total. The van der Waals surface area contributed by atoms with Crippen LogP contribution in [0.4, 0.5) is 4.39 Å². The summed E-state index contributed by atoms with van der Waals surface area (Å²) in [5.41, 5.74) is -4.73. The zero-order valence-corrected chi connectivity index (χ0v) is 28.5. The number of fused-ring (bicyclic) bond motifs is 2. The number of hydrogen-bond donors (Lipinski definition) is 0. The van der Waals surface area contributed by atoms with E-state index < -0.39 is 69.8 Å². The Bertz CT molecular complexity index is 1530. The third kappa shape index (κ3) is 6.40. The van der Waals surface area contributed by atoms with Crippen molar-refractivity contribution in [1.29, 1.82) is 0 Å². The molecule has 2 saturated heterocycles. The zero-order chi connectivity index (χ0) is 34.2. The third-order valence-corrected chi connectivity index (χ3v) is 11.1. The minimum absolute atomic E-state index is 0.0410. The van der Waals surface area contributed by atoms with Crippen LogP contribution in [0.25, 0.3) is 17.0 Å². The summed E-state index contributed by atoms with van der Waals surface area (Å²) in [7, 11) is 0. The highest BCUT2D eigenvalue weighted by atomic mass is 19.1. The average Bonchev–Trinajstić information content (AvgIpc) is 3.33. The molecule has 8 atom stereocenters. The van der Waals surface area contributed by atoms with Gasteiger partial charge in [0.2, 0.25) is 0 Å². The molecule has 1 aromatic heterocycles. The van der Waals surface area contributed by atoms with E-state index in [4.69, 9.17) is 14.2 Å². The minimum Gasteiger partial charge on any atom is -0.455 e. The maximum Gasteiger partial charge on any atom is 0.351 e. The average molecular weight is 638 g/mol. The van der Waals surface area contributed by atoms with E-state index in [-0.39, 0.29) is 31.7 Å². The first-order chi connectivity index (χ1) is 21.4. The Hall–Kier alpha value is -3.46. The molecule has 4 rings (SSSR count). The number of benzene rings is 1. The number of rotatable bonds is 5. The predicted octanol–water partition coefficient (Wildman–Crippen LogP) is 6.87. The lowest BCUT2D eigenvalue weighted by Crippen LogP contribution is -2.58. The van der Waals surface area contributed by atoms with Crippen LogP contribution in [0.1, 0.15) is 87.1 Å². The summed E-state index contributed by atoms with van der Waals surface area (Å²) in [6, 6.07) is 9.83. The van der Waals surface area contributed by atoms with Crippen LogP contribution in [0.5, 0.6) is 0 Å². The number of carbonyl (C=O) groups is 4. The summed E-state index contributed by atoms with van der Waals surface area (Å²) in [5, 5.41) is 1.00. The molecule has 0 aliphatic carbocycles. The van der Waals surface area contributed by atoms with Gasteiger partial charge in [-0.1, -0.05) is 71.9 Å². The SMILES string of the molecule is CC[C@H]1OC(=O)[C@@](C)(F)C(=O)[C@H](C)C(C)(C)[C@](C)(OC/C=C/c2cnc3ccccc3c2)C[C@@H](C)C(=O)[C@H](C)[C@H]2CC(=O)O[C@@]21C. The second-order valence-corrected chi connectivity index (χ2v) is 14.3. The molecule has 0 spiro atoms. The van der Waals surface area contributed by atoms with Crippen molar-refractivity contribution in [3.05, 3.63) is 48.2 Å². The summed E-state index contributed by atoms with van der Waals surface area (Å²) in [6.07, 6.45) is 4.83. The second-order valence-electron chi connectivity index (χ2n) is 14.3. The highest BCUT2D eigenvalue weighted by molar-refractivity contribution is 6.08. The number of alkyl halides is 1. The first-order valence-electron chi connectivity index (χ1n) is 16.2. The smallest absolute Gasteiger partial charge is 0.351 e. The van der Waals surface area contributed by atoms with E-state index in [1.807, 2.05) is 56.3 Å².